The van der Waals surface area contributed by atoms with Crippen molar-refractivity contribution in [2.45, 2.75) is 0 Å². The average Bonchev–Trinajstić information content (AvgIpc) is 3.01. The molecule has 0 fully saturated rings. The molecule has 5 nitrogen and oxygen atoms in total. The van der Waals surface area contributed by atoms with Gasteiger partial charge in [0.05, 0.1) is 11.9 Å². The monoisotopic (exact) mass is 360 g/mol. The van der Waals surface area contributed by atoms with Gasteiger partial charge in [-0.2, -0.15) is 0 Å². The number of hydrogen-bond donors (Lipinski definition) is 1. The van der Waals surface area contributed by atoms with E-state index in [1.165, 1.54) is 18.3 Å². The van der Waals surface area contributed by atoms with Gasteiger partial charge in [0.1, 0.15) is 18.0 Å². The largest absolute Gasteiger partial charge is 0.321 e. The summed E-state index contributed by atoms with van der Waals surface area (Å²) in [4.78, 5) is 20.3. The zero-order valence-corrected chi connectivity index (χ0v) is 12.8. The molecule has 2 heterocycles. The van der Waals surface area contributed by atoms with Crippen LogP contribution >= 0.6 is 15.9 Å². The lowest BCUT2D eigenvalue weighted by molar-refractivity contribution is 0.102. The summed E-state index contributed by atoms with van der Waals surface area (Å²) in [5.74, 6) is -0.200. The quantitative estimate of drug-likeness (QED) is 0.778. The highest BCUT2D eigenvalue weighted by Gasteiger charge is 2.09. The van der Waals surface area contributed by atoms with Gasteiger partial charge < -0.3 is 5.32 Å². The van der Waals surface area contributed by atoms with Crippen molar-refractivity contribution in [2.75, 3.05) is 5.32 Å². The smallest absolute Gasteiger partial charge is 0.255 e. The van der Waals surface area contributed by atoms with E-state index in [4.69, 9.17) is 0 Å². The van der Waals surface area contributed by atoms with Crippen LogP contribution in [0.25, 0.3) is 5.82 Å². The topological polar surface area (TPSA) is 59.8 Å². The molecule has 0 aliphatic carbocycles. The predicted molar refractivity (Wildman–Crippen MR) is 83.4 cm³/mol. The molecule has 7 heteroatoms. The number of pyridine rings is 1. The van der Waals surface area contributed by atoms with E-state index in [9.17, 15) is 9.18 Å². The minimum Gasteiger partial charge on any atom is -0.321 e. The third-order valence-corrected chi connectivity index (χ3v) is 3.36. The molecule has 0 unspecified atom stereocenters. The first kappa shape index (κ1) is 14.4. The molecule has 0 atom stereocenters. The molecule has 3 aromatic rings. The maximum Gasteiger partial charge on any atom is 0.255 e. The van der Waals surface area contributed by atoms with Gasteiger partial charge in [0.2, 0.25) is 0 Å². The van der Waals surface area contributed by atoms with Crippen LogP contribution in [0.3, 0.4) is 0 Å². The van der Waals surface area contributed by atoms with E-state index < -0.39 is 11.7 Å². The highest BCUT2D eigenvalue weighted by Crippen LogP contribution is 2.17. The van der Waals surface area contributed by atoms with Crippen LogP contribution in [0.4, 0.5) is 10.1 Å². The molecule has 3 rings (SSSR count). The molecule has 0 aliphatic heterocycles. The molecule has 2 aromatic heterocycles. The molecule has 110 valence electrons. The maximum atomic E-state index is 13.3. The zero-order valence-electron chi connectivity index (χ0n) is 11.2. The number of amides is 1. The molecule has 0 bridgehead atoms. The van der Waals surface area contributed by atoms with Crippen molar-refractivity contribution in [3.63, 3.8) is 0 Å². The van der Waals surface area contributed by atoms with Gasteiger partial charge in [-0.1, -0.05) is 15.9 Å². The summed E-state index contributed by atoms with van der Waals surface area (Å²) in [7, 11) is 0. The second-order valence-corrected chi connectivity index (χ2v) is 5.40. The van der Waals surface area contributed by atoms with Crippen molar-refractivity contribution in [3.05, 3.63) is 71.1 Å². The van der Waals surface area contributed by atoms with Gasteiger partial charge in [0.25, 0.3) is 5.91 Å². The number of anilines is 1. The van der Waals surface area contributed by atoms with Gasteiger partial charge in [-0.25, -0.2) is 14.4 Å². The Morgan fingerprint density at radius 3 is 2.77 bits per heavy atom. The van der Waals surface area contributed by atoms with Crippen LogP contribution in [0.2, 0.25) is 0 Å². The number of halogens is 2. The van der Waals surface area contributed by atoms with Crippen LogP contribution in [-0.2, 0) is 0 Å². The lowest BCUT2D eigenvalue weighted by Crippen LogP contribution is -2.12. The van der Waals surface area contributed by atoms with Gasteiger partial charge in [-0.15, -0.1) is 0 Å². The Morgan fingerprint density at radius 1 is 1.27 bits per heavy atom. The van der Waals surface area contributed by atoms with E-state index >= 15 is 0 Å². The number of rotatable bonds is 3. The fourth-order valence-electron chi connectivity index (χ4n) is 1.90. The first-order chi connectivity index (χ1) is 10.6. The van der Waals surface area contributed by atoms with Gasteiger partial charge >= 0.3 is 0 Å². The molecule has 0 spiro atoms. The molecule has 22 heavy (non-hydrogen) atoms. The van der Waals surface area contributed by atoms with E-state index in [1.807, 2.05) is 0 Å². The third kappa shape index (κ3) is 3.20. The van der Waals surface area contributed by atoms with Gasteiger partial charge in [-0.05, 0) is 30.3 Å². The van der Waals surface area contributed by atoms with Crippen molar-refractivity contribution in [3.8, 4) is 5.82 Å². The molecule has 0 radical (unpaired) electrons. The van der Waals surface area contributed by atoms with Crippen LogP contribution in [-0.4, -0.2) is 20.4 Å². The SMILES string of the molecule is O=C(Nc1ccc(-n2ccnc2)nc1)c1cc(F)cc(Br)c1. The van der Waals surface area contributed by atoms with Crippen LogP contribution in [0.1, 0.15) is 10.4 Å². The van der Waals surface area contributed by atoms with Crippen molar-refractivity contribution < 1.29 is 9.18 Å². The van der Waals surface area contributed by atoms with Gasteiger partial charge in [-0.3, -0.25) is 9.36 Å². The Labute approximate surface area is 134 Å². The molecular weight excluding hydrogens is 351 g/mol. The predicted octanol–water partition coefficient (Wildman–Crippen LogP) is 3.42. The number of carbonyl (C=O) groups excluding carboxylic acids is 1. The van der Waals surface area contributed by atoms with Crippen LogP contribution in [0.15, 0.2) is 59.7 Å². The second kappa shape index (κ2) is 6.07. The Hall–Kier alpha value is -2.54. The number of nitrogens with one attached hydrogen (secondary N) is 1. The van der Waals surface area contributed by atoms with E-state index in [1.54, 1.807) is 41.5 Å². The lowest BCUT2D eigenvalue weighted by atomic mass is 10.2. The normalized spacial score (nSPS) is 10.5. The van der Waals surface area contributed by atoms with E-state index in [0.717, 1.165) is 0 Å². The Balaban J connectivity index is 1.76. The summed E-state index contributed by atoms with van der Waals surface area (Å²) in [6.07, 6.45) is 6.58. The summed E-state index contributed by atoms with van der Waals surface area (Å²) >= 11 is 3.16. The van der Waals surface area contributed by atoms with E-state index in [-0.39, 0.29) is 5.56 Å². The number of benzene rings is 1. The molecule has 0 saturated heterocycles. The van der Waals surface area contributed by atoms with Crippen molar-refractivity contribution in [1.82, 2.24) is 14.5 Å². The summed E-state index contributed by atoms with van der Waals surface area (Å²) in [5, 5.41) is 2.67. The summed E-state index contributed by atoms with van der Waals surface area (Å²) < 4.78 is 15.6. The molecular formula is C15H10BrFN4O. The van der Waals surface area contributed by atoms with Crippen molar-refractivity contribution in [2.24, 2.45) is 0 Å². The van der Waals surface area contributed by atoms with Crippen molar-refractivity contribution >= 4 is 27.5 Å². The van der Waals surface area contributed by atoms with Gasteiger partial charge in [0.15, 0.2) is 0 Å². The first-order valence-electron chi connectivity index (χ1n) is 6.34. The number of carbonyl (C=O) groups is 1. The fraction of sp³-hybridized carbons (Fsp3) is 0. The highest BCUT2D eigenvalue weighted by atomic mass is 79.9. The summed E-state index contributed by atoms with van der Waals surface area (Å²) in [6.45, 7) is 0. The molecule has 1 amide bonds. The van der Waals surface area contributed by atoms with Gasteiger partial charge in [0, 0.05) is 22.4 Å². The highest BCUT2D eigenvalue weighted by molar-refractivity contribution is 9.10. The Bertz CT molecular complexity index is 783. The molecule has 1 N–H and O–H groups in total. The Morgan fingerprint density at radius 2 is 2.14 bits per heavy atom. The lowest BCUT2D eigenvalue weighted by Gasteiger charge is -2.07. The van der Waals surface area contributed by atoms with Crippen LogP contribution in [0, 0.1) is 5.82 Å². The van der Waals surface area contributed by atoms with Crippen LogP contribution < -0.4 is 5.32 Å². The third-order valence-electron chi connectivity index (χ3n) is 2.90. The average molecular weight is 361 g/mol. The molecule has 1 aromatic carbocycles. The summed E-state index contributed by atoms with van der Waals surface area (Å²) in [5.41, 5.74) is 0.750. The summed E-state index contributed by atoms with van der Waals surface area (Å²) in [6, 6.07) is 7.48. The Kier molecular flexibility index (Phi) is 3.97. The molecule has 0 saturated carbocycles. The van der Waals surface area contributed by atoms with Crippen LogP contribution in [0.5, 0.6) is 0 Å². The number of imidazole rings is 1. The van der Waals surface area contributed by atoms with Crippen molar-refractivity contribution in [1.29, 1.82) is 0 Å². The minimum absolute atomic E-state index is 0.227. The van der Waals surface area contributed by atoms with E-state index in [0.29, 0.717) is 16.0 Å². The number of hydrogen-bond acceptors (Lipinski definition) is 3. The number of nitrogens with zero attached hydrogens (tertiary/aromatic N) is 3. The minimum atomic E-state index is -0.479. The fourth-order valence-corrected chi connectivity index (χ4v) is 2.36. The first-order valence-corrected chi connectivity index (χ1v) is 7.13. The maximum absolute atomic E-state index is 13.3. The molecule has 0 aliphatic rings. The standard InChI is InChI=1S/C15H10BrFN4O/c16-11-5-10(6-12(17)7-11)15(22)20-13-1-2-14(19-8-13)21-4-3-18-9-21/h1-9H,(H,20,22). The number of aromatic nitrogens is 3. The zero-order chi connectivity index (χ0) is 15.5. The second-order valence-electron chi connectivity index (χ2n) is 4.49. The van der Waals surface area contributed by atoms with E-state index in [2.05, 4.69) is 31.2 Å².